The molecule has 138 valence electrons. The number of hydrogen-bond acceptors (Lipinski definition) is 3. The molecule has 5 nitrogen and oxygen atoms in total. The summed E-state index contributed by atoms with van der Waals surface area (Å²) in [7, 11) is 1.91. The minimum Gasteiger partial charge on any atom is -0.352 e. The van der Waals surface area contributed by atoms with E-state index in [4.69, 9.17) is 0 Å². The van der Waals surface area contributed by atoms with E-state index in [9.17, 15) is 18.4 Å². The molecule has 0 spiro atoms. The Labute approximate surface area is 146 Å². The number of nitrogens with one attached hydrogen (secondary N) is 2. The van der Waals surface area contributed by atoms with E-state index < -0.39 is 17.5 Å². The van der Waals surface area contributed by atoms with Gasteiger partial charge in [0.15, 0.2) is 0 Å². The number of piperidine rings is 1. The first-order valence-electron chi connectivity index (χ1n) is 8.67. The molecule has 0 bridgehead atoms. The van der Waals surface area contributed by atoms with E-state index >= 15 is 0 Å². The summed E-state index contributed by atoms with van der Waals surface area (Å²) in [6, 6.07) is 2.83. The summed E-state index contributed by atoms with van der Waals surface area (Å²) in [6.07, 6.45) is 2.97. The van der Waals surface area contributed by atoms with Gasteiger partial charge in [-0.05, 0) is 50.9 Å². The SMILES string of the molecule is CNCC1CCCN(C(=O)CCCNC(=O)c2ccc(F)cc2F)C1. The molecule has 1 fully saturated rings. The van der Waals surface area contributed by atoms with Crippen LogP contribution in [0.3, 0.4) is 0 Å². The van der Waals surface area contributed by atoms with Gasteiger partial charge in [-0.3, -0.25) is 9.59 Å². The maximum Gasteiger partial charge on any atom is 0.254 e. The first kappa shape index (κ1) is 19.3. The van der Waals surface area contributed by atoms with Crippen LogP contribution in [-0.2, 0) is 4.79 Å². The van der Waals surface area contributed by atoms with Crippen molar-refractivity contribution in [1.29, 1.82) is 0 Å². The average molecular weight is 353 g/mol. The molecule has 2 amide bonds. The Kier molecular flexibility index (Phi) is 7.31. The summed E-state index contributed by atoms with van der Waals surface area (Å²) < 4.78 is 26.4. The van der Waals surface area contributed by atoms with Gasteiger partial charge in [-0.25, -0.2) is 8.78 Å². The average Bonchev–Trinajstić information content (AvgIpc) is 2.59. The molecular weight excluding hydrogens is 328 g/mol. The van der Waals surface area contributed by atoms with Gasteiger partial charge in [0.25, 0.3) is 5.91 Å². The molecule has 1 aliphatic heterocycles. The Morgan fingerprint density at radius 1 is 1.32 bits per heavy atom. The molecule has 1 atom stereocenters. The fraction of sp³-hybridized carbons (Fsp3) is 0.556. The first-order chi connectivity index (χ1) is 12.0. The van der Waals surface area contributed by atoms with Crippen molar-refractivity contribution in [2.24, 2.45) is 5.92 Å². The molecule has 2 N–H and O–H groups in total. The molecule has 1 aromatic rings. The molecule has 1 saturated heterocycles. The summed E-state index contributed by atoms with van der Waals surface area (Å²) in [5.41, 5.74) is -0.196. The number of benzene rings is 1. The lowest BCUT2D eigenvalue weighted by atomic mass is 9.97. The predicted octanol–water partition coefficient (Wildman–Crippen LogP) is 1.93. The second-order valence-corrected chi connectivity index (χ2v) is 6.39. The van der Waals surface area contributed by atoms with Crippen molar-refractivity contribution in [3.05, 3.63) is 35.4 Å². The Bertz CT molecular complexity index is 608. The Hall–Kier alpha value is -2.02. The molecule has 1 aromatic carbocycles. The Morgan fingerprint density at radius 2 is 2.12 bits per heavy atom. The number of carbonyl (C=O) groups excluding carboxylic acids is 2. The normalized spacial score (nSPS) is 17.4. The van der Waals surface area contributed by atoms with Crippen LogP contribution in [0.25, 0.3) is 0 Å². The van der Waals surface area contributed by atoms with Gasteiger partial charge in [0.1, 0.15) is 11.6 Å². The minimum atomic E-state index is -0.891. The molecule has 0 radical (unpaired) electrons. The summed E-state index contributed by atoms with van der Waals surface area (Å²) >= 11 is 0. The standard InChI is InChI=1S/C18H25F2N3O2/c1-21-11-13-4-3-9-23(12-13)17(24)5-2-8-22-18(25)15-7-6-14(19)10-16(15)20/h6-7,10,13,21H,2-5,8-9,11-12H2,1H3,(H,22,25). The zero-order valence-corrected chi connectivity index (χ0v) is 14.5. The quantitative estimate of drug-likeness (QED) is 0.737. The van der Waals surface area contributed by atoms with Crippen LogP contribution in [0.2, 0.25) is 0 Å². The Balaban J connectivity index is 1.71. The topological polar surface area (TPSA) is 61.4 Å². The smallest absolute Gasteiger partial charge is 0.254 e. The van der Waals surface area contributed by atoms with Crippen molar-refractivity contribution in [2.45, 2.75) is 25.7 Å². The van der Waals surface area contributed by atoms with Crippen molar-refractivity contribution in [3.63, 3.8) is 0 Å². The summed E-state index contributed by atoms with van der Waals surface area (Å²) in [5, 5.41) is 5.71. The van der Waals surface area contributed by atoms with E-state index in [0.29, 0.717) is 24.8 Å². The van der Waals surface area contributed by atoms with Crippen LogP contribution >= 0.6 is 0 Å². The molecule has 1 heterocycles. The van der Waals surface area contributed by atoms with Gasteiger partial charge >= 0.3 is 0 Å². The Morgan fingerprint density at radius 3 is 2.84 bits per heavy atom. The van der Waals surface area contributed by atoms with Crippen LogP contribution in [0, 0.1) is 17.6 Å². The molecule has 7 heteroatoms. The molecule has 2 rings (SSSR count). The van der Waals surface area contributed by atoms with E-state index in [0.717, 1.165) is 44.6 Å². The second kappa shape index (κ2) is 9.46. The van der Waals surface area contributed by atoms with Gasteiger partial charge in [-0.2, -0.15) is 0 Å². The van der Waals surface area contributed by atoms with Gasteiger partial charge < -0.3 is 15.5 Å². The van der Waals surface area contributed by atoms with E-state index in [1.165, 1.54) is 0 Å². The summed E-state index contributed by atoms with van der Waals surface area (Å²) in [6.45, 7) is 2.73. The molecule has 1 unspecified atom stereocenters. The van der Waals surface area contributed by atoms with Gasteiger partial charge in [0.05, 0.1) is 5.56 Å². The van der Waals surface area contributed by atoms with Crippen molar-refractivity contribution < 1.29 is 18.4 Å². The van der Waals surface area contributed by atoms with Crippen LogP contribution in [-0.4, -0.2) is 49.9 Å². The third-order valence-electron chi connectivity index (χ3n) is 4.39. The number of hydrogen-bond donors (Lipinski definition) is 2. The zero-order chi connectivity index (χ0) is 18.2. The lowest BCUT2D eigenvalue weighted by Crippen LogP contribution is -2.42. The van der Waals surface area contributed by atoms with Crippen LogP contribution in [0.5, 0.6) is 0 Å². The maximum atomic E-state index is 13.5. The van der Waals surface area contributed by atoms with Crippen molar-refractivity contribution in [1.82, 2.24) is 15.5 Å². The summed E-state index contributed by atoms with van der Waals surface area (Å²) in [4.78, 5) is 26.0. The van der Waals surface area contributed by atoms with Gasteiger partial charge in [-0.15, -0.1) is 0 Å². The molecule has 1 aliphatic rings. The highest BCUT2D eigenvalue weighted by Crippen LogP contribution is 2.16. The van der Waals surface area contributed by atoms with Crippen LogP contribution < -0.4 is 10.6 Å². The number of halogens is 2. The fourth-order valence-electron chi connectivity index (χ4n) is 3.12. The van der Waals surface area contributed by atoms with Gasteiger partial charge in [-0.1, -0.05) is 0 Å². The van der Waals surface area contributed by atoms with Crippen LogP contribution in [0.1, 0.15) is 36.0 Å². The highest BCUT2D eigenvalue weighted by molar-refractivity contribution is 5.94. The minimum absolute atomic E-state index is 0.0861. The molecule has 0 aliphatic carbocycles. The lowest BCUT2D eigenvalue weighted by Gasteiger charge is -2.32. The van der Waals surface area contributed by atoms with E-state index in [2.05, 4.69) is 10.6 Å². The first-order valence-corrected chi connectivity index (χ1v) is 8.67. The highest BCUT2D eigenvalue weighted by Gasteiger charge is 2.22. The maximum absolute atomic E-state index is 13.5. The molecular formula is C18H25F2N3O2. The van der Waals surface area contributed by atoms with E-state index in [1.54, 1.807) is 0 Å². The molecule has 0 saturated carbocycles. The monoisotopic (exact) mass is 353 g/mol. The fourth-order valence-corrected chi connectivity index (χ4v) is 3.12. The van der Waals surface area contributed by atoms with E-state index in [1.807, 2.05) is 11.9 Å². The van der Waals surface area contributed by atoms with Crippen LogP contribution in [0.15, 0.2) is 18.2 Å². The van der Waals surface area contributed by atoms with Crippen molar-refractivity contribution in [3.8, 4) is 0 Å². The summed E-state index contributed by atoms with van der Waals surface area (Å²) in [5.74, 6) is -1.64. The predicted molar refractivity (Wildman–Crippen MR) is 91.2 cm³/mol. The second-order valence-electron chi connectivity index (χ2n) is 6.39. The molecule has 25 heavy (non-hydrogen) atoms. The highest BCUT2D eigenvalue weighted by atomic mass is 19.1. The van der Waals surface area contributed by atoms with Crippen LogP contribution in [0.4, 0.5) is 8.78 Å². The third-order valence-corrected chi connectivity index (χ3v) is 4.39. The van der Waals surface area contributed by atoms with Crippen molar-refractivity contribution in [2.75, 3.05) is 33.2 Å². The van der Waals surface area contributed by atoms with Gasteiger partial charge in [0.2, 0.25) is 5.91 Å². The largest absolute Gasteiger partial charge is 0.352 e. The molecule has 0 aromatic heterocycles. The number of carbonyl (C=O) groups is 2. The van der Waals surface area contributed by atoms with Crippen molar-refractivity contribution >= 4 is 11.8 Å². The lowest BCUT2D eigenvalue weighted by molar-refractivity contribution is -0.133. The third kappa shape index (κ3) is 5.77. The number of amides is 2. The number of rotatable bonds is 7. The van der Waals surface area contributed by atoms with E-state index in [-0.39, 0.29) is 18.0 Å². The number of nitrogens with zero attached hydrogens (tertiary/aromatic N) is 1. The zero-order valence-electron chi connectivity index (χ0n) is 14.5. The van der Waals surface area contributed by atoms with Gasteiger partial charge in [0, 0.05) is 32.1 Å². The number of likely N-dealkylation sites (tertiary alicyclic amines) is 1.